The molecule has 0 fully saturated rings. The number of rotatable bonds is 3. The second-order valence-corrected chi connectivity index (χ2v) is 4.35. The molecule has 3 heterocycles. The predicted molar refractivity (Wildman–Crippen MR) is 67.5 cm³/mol. The molecule has 90 valence electrons. The molecule has 6 nitrogen and oxygen atoms in total. The number of imidazole rings is 1. The largest absolute Gasteiger partial charge is 0.340 e. The fourth-order valence-corrected chi connectivity index (χ4v) is 1.92. The van der Waals surface area contributed by atoms with Gasteiger partial charge in [0.2, 0.25) is 5.82 Å². The number of hydrogen-bond donors (Lipinski definition) is 0. The van der Waals surface area contributed by atoms with Crippen LogP contribution in [0.15, 0.2) is 27.9 Å². The Morgan fingerprint density at radius 1 is 1.33 bits per heavy atom. The molecule has 3 aromatic rings. The minimum atomic E-state index is 0.434. The molecule has 3 rings (SSSR count). The third-order valence-corrected chi connectivity index (χ3v) is 2.83. The van der Waals surface area contributed by atoms with E-state index < -0.39 is 0 Å². The third-order valence-electron chi connectivity index (χ3n) is 2.22. The fraction of sp³-hybridized carbons (Fsp3) is 0.0909. The third kappa shape index (κ3) is 2.21. The molecule has 18 heavy (non-hydrogen) atoms. The molecular weight excluding hydrogens is 250 g/mol. The first-order valence-corrected chi connectivity index (χ1v) is 6.14. The Labute approximate surface area is 107 Å². The Bertz CT molecular complexity index is 667. The first-order chi connectivity index (χ1) is 8.81. The van der Waals surface area contributed by atoms with E-state index in [0.29, 0.717) is 17.4 Å². The molecular formula is C11H9N5OS. The van der Waals surface area contributed by atoms with E-state index in [9.17, 15) is 0 Å². The molecule has 0 radical (unpaired) electrons. The standard InChI is InChI=1S/C11H9N5OS/c1-16-4-9(12-6-16)11-14-10(17-15-11)3-2-8-5-18-7-13-8/h2-7H,1H3/b3-2+. The average molecular weight is 259 g/mol. The van der Waals surface area contributed by atoms with E-state index in [-0.39, 0.29) is 0 Å². The van der Waals surface area contributed by atoms with Crippen molar-refractivity contribution in [2.24, 2.45) is 7.05 Å². The quantitative estimate of drug-likeness (QED) is 0.720. The molecule has 7 heteroatoms. The Morgan fingerprint density at radius 2 is 2.28 bits per heavy atom. The molecule has 0 saturated carbocycles. The normalized spacial score (nSPS) is 11.4. The van der Waals surface area contributed by atoms with Crippen molar-refractivity contribution in [1.29, 1.82) is 0 Å². The van der Waals surface area contributed by atoms with Crippen LogP contribution in [0.4, 0.5) is 0 Å². The molecule has 0 N–H and O–H groups in total. The van der Waals surface area contributed by atoms with Crippen molar-refractivity contribution in [2.75, 3.05) is 0 Å². The van der Waals surface area contributed by atoms with E-state index in [4.69, 9.17) is 4.52 Å². The summed E-state index contributed by atoms with van der Waals surface area (Å²) in [6.07, 6.45) is 7.08. The summed E-state index contributed by atoms with van der Waals surface area (Å²) in [7, 11) is 1.89. The second-order valence-electron chi connectivity index (χ2n) is 3.63. The molecule has 3 aromatic heterocycles. The van der Waals surface area contributed by atoms with Gasteiger partial charge in [-0.3, -0.25) is 0 Å². The minimum absolute atomic E-state index is 0.434. The zero-order valence-corrected chi connectivity index (χ0v) is 10.3. The smallest absolute Gasteiger partial charge is 0.251 e. The van der Waals surface area contributed by atoms with Gasteiger partial charge in [-0.2, -0.15) is 4.98 Å². The lowest BCUT2D eigenvalue weighted by molar-refractivity contribution is 0.411. The first-order valence-electron chi connectivity index (χ1n) is 5.19. The topological polar surface area (TPSA) is 69.6 Å². The van der Waals surface area contributed by atoms with Crippen molar-refractivity contribution in [2.45, 2.75) is 0 Å². The van der Waals surface area contributed by atoms with E-state index >= 15 is 0 Å². The molecule has 0 spiro atoms. The van der Waals surface area contributed by atoms with Gasteiger partial charge in [-0.25, -0.2) is 9.97 Å². The molecule has 0 aliphatic heterocycles. The lowest BCUT2D eigenvalue weighted by atomic mass is 10.4. The van der Waals surface area contributed by atoms with Crippen LogP contribution >= 0.6 is 11.3 Å². The van der Waals surface area contributed by atoms with Crippen LogP contribution in [0, 0.1) is 0 Å². The number of thiazole rings is 1. The predicted octanol–water partition coefficient (Wildman–Crippen LogP) is 2.10. The maximum Gasteiger partial charge on any atom is 0.251 e. The molecule has 0 saturated heterocycles. The summed E-state index contributed by atoms with van der Waals surface area (Å²) in [6, 6.07) is 0. The number of hydrogen-bond acceptors (Lipinski definition) is 6. The lowest BCUT2D eigenvalue weighted by Crippen LogP contribution is -1.80. The zero-order valence-electron chi connectivity index (χ0n) is 9.52. The van der Waals surface area contributed by atoms with Crippen molar-refractivity contribution in [1.82, 2.24) is 24.7 Å². The van der Waals surface area contributed by atoms with Gasteiger partial charge in [0.1, 0.15) is 5.69 Å². The van der Waals surface area contributed by atoms with Gasteiger partial charge in [0.05, 0.1) is 17.5 Å². The molecule has 0 amide bonds. The van der Waals surface area contributed by atoms with Gasteiger partial charge in [0, 0.05) is 24.7 Å². The van der Waals surface area contributed by atoms with Crippen molar-refractivity contribution >= 4 is 23.5 Å². The van der Waals surface area contributed by atoms with Crippen molar-refractivity contribution in [3.63, 3.8) is 0 Å². The van der Waals surface area contributed by atoms with Crippen LogP contribution in [0.1, 0.15) is 11.6 Å². The van der Waals surface area contributed by atoms with E-state index in [2.05, 4.69) is 20.1 Å². The summed E-state index contributed by atoms with van der Waals surface area (Å²) in [5.74, 6) is 0.914. The van der Waals surface area contributed by atoms with E-state index in [1.807, 2.05) is 29.3 Å². The van der Waals surface area contributed by atoms with Crippen LogP contribution < -0.4 is 0 Å². The van der Waals surface area contributed by atoms with Gasteiger partial charge in [0.15, 0.2) is 0 Å². The van der Waals surface area contributed by atoms with Crippen molar-refractivity contribution in [3.8, 4) is 11.5 Å². The van der Waals surface area contributed by atoms with E-state index in [0.717, 1.165) is 5.69 Å². The van der Waals surface area contributed by atoms with Crippen LogP contribution in [-0.2, 0) is 7.05 Å². The van der Waals surface area contributed by atoms with Crippen LogP contribution in [-0.4, -0.2) is 24.7 Å². The molecule has 0 aliphatic rings. The fourth-order valence-electron chi connectivity index (χ4n) is 1.40. The van der Waals surface area contributed by atoms with Crippen molar-refractivity contribution < 1.29 is 4.52 Å². The molecule has 0 aliphatic carbocycles. The average Bonchev–Trinajstić information content (AvgIpc) is 3.07. The first kappa shape index (κ1) is 10.8. The Morgan fingerprint density at radius 3 is 3.00 bits per heavy atom. The molecule has 0 aromatic carbocycles. The van der Waals surface area contributed by atoms with Crippen LogP contribution in [0.5, 0.6) is 0 Å². The van der Waals surface area contributed by atoms with Crippen LogP contribution in [0.25, 0.3) is 23.7 Å². The summed E-state index contributed by atoms with van der Waals surface area (Å²) >= 11 is 1.54. The van der Waals surface area contributed by atoms with Gasteiger partial charge in [-0.15, -0.1) is 11.3 Å². The van der Waals surface area contributed by atoms with Gasteiger partial charge >= 0.3 is 0 Å². The molecule has 0 unspecified atom stereocenters. The SMILES string of the molecule is Cn1cnc(-c2noc(/C=C/c3cscn3)n2)c1. The minimum Gasteiger partial charge on any atom is -0.340 e. The molecule has 0 atom stereocenters. The van der Waals surface area contributed by atoms with Gasteiger partial charge in [0.25, 0.3) is 5.89 Å². The summed E-state index contributed by atoms with van der Waals surface area (Å²) in [6.45, 7) is 0. The van der Waals surface area contributed by atoms with Crippen LogP contribution in [0.2, 0.25) is 0 Å². The lowest BCUT2D eigenvalue weighted by Gasteiger charge is -1.83. The van der Waals surface area contributed by atoms with E-state index in [1.165, 1.54) is 11.3 Å². The van der Waals surface area contributed by atoms with E-state index in [1.54, 1.807) is 17.9 Å². The second kappa shape index (κ2) is 4.53. The maximum atomic E-state index is 5.11. The highest BCUT2D eigenvalue weighted by Gasteiger charge is 2.08. The monoisotopic (exact) mass is 259 g/mol. The summed E-state index contributed by atoms with van der Waals surface area (Å²) in [5.41, 5.74) is 3.33. The maximum absolute atomic E-state index is 5.11. The van der Waals surface area contributed by atoms with Gasteiger partial charge < -0.3 is 9.09 Å². The zero-order chi connectivity index (χ0) is 12.4. The highest BCUT2D eigenvalue weighted by atomic mass is 32.1. The van der Waals surface area contributed by atoms with Crippen LogP contribution in [0.3, 0.4) is 0 Å². The highest BCUT2D eigenvalue weighted by Crippen LogP contribution is 2.14. The number of aryl methyl sites for hydroxylation is 1. The van der Waals surface area contributed by atoms with Crippen molar-refractivity contribution in [3.05, 3.63) is 35.0 Å². The summed E-state index contributed by atoms with van der Waals surface area (Å²) < 4.78 is 6.93. The Balaban J connectivity index is 1.81. The van der Waals surface area contributed by atoms with Gasteiger partial charge in [-0.1, -0.05) is 5.16 Å². The summed E-state index contributed by atoms with van der Waals surface area (Å²) in [4.78, 5) is 12.5. The molecule has 0 bridgehead atoms. The number of aromatic nitrogens is 5. The highest BCUT2D eigenvalue weighted by molar-refractivity contribution is 7.07. The summed E-state index contributed by atoms with van der Waals surface area (Å²) in [5, 5.41) is 5.81. The number of nitrogens with zero attached hydrogens (tertiary/aromatic N) is 5. The Kier molecular flexibility index (Phi) is 2.73. The van der Waals surface area contributed by atoms with Gasteiger partial charge in [-0.05, 0) is 6.08 Å². The Hall–Kier alpha value is -2.28.